The van der Waals surface area contributed by atoms with Crippen LogP contribution in [0, 0.1) is 23.7 Å². The Hall–Kier alpha value is -2.00. The van der Waals surface area contributed by atoms with Gasteiger partial charge in [-0.1, -0.05) is 0 Å². The van der Waals surface area contributed by atoms with Gasteiger partial charge in [0, 0.05) is 19.2 Å². The monoisotopic (exact) mass is 185 g/mol. The minimum Gasteiger partial charge on any atom is -0.383 e. The fraction of sp³-hybridized carbons (Fsp3) is 0.273. The second kappa shape index (κ2) is 5.61. The molecule has 3 heteroatoms. The third-order valence-electron chi connectivity index (χ3n) is 1.73. The van der Waals surface area contributed by atoms with Crippen molar-refractivity contribution in [2.75, 3.05) is 11.9 Å². The van der Waals surface area contributed by atoms with E-state index in [1.807, 2.05) is 12.1 Å². The number of nitriles is 1. The van der Waals surface area contributed by atoms with Crippen LogP contribution in [-0.2, 0) is 0 Å². The van der Waals surface area contributed by atoms with Gasteiger partial charge >= 0.3 is 0 Å². The van der Waals surface area contributed by atoms with Crippen molar-refractivity contribution in [2.45, 2.75) is 12.8 Å². The standard InChI is InChI=1S/C11H11N3/c1-2-3-4-7-13-10-6-5-8-14-11(10)9-12/h1,5-6,8,13H,3-4,7H2. The number of unbranched alkanes of at least 4 members (excludes halogenated alkanes) is 1. The summed E-state index contributed by atoms with van der Waals surface area (Å²) < 4.78 is 0. The lowest BCUT2D eigenvalue weighted by atomic mass is 10.3. The Morgan fingerprint density at radius 3 is 3.14 bits per heavy atom. The molecule has 0 aliphatic carbocycles. The summed E-state index contributed by atoms with van der Waals surface area (Å²) in [5.41, 5.74) is 1.19. The minimum atomic E-state index is 0.424. The van der Waals surface area contributed by atoms with E-state index in [0.717, 1.165) is 25.1 Å². The van der Waals surface area contributed by atoms with Crippen molar-refractivity contribution in [3.63, 3.8) is 0 Å². The zero-order valence-electron chi connectivity index (χ0n) is 7.83. The molecule has 14 heavy (non-hydrogen) atoms. The first-order valence-corrected chi connectivity index (χ1v) is 4.41. The predicted molar refractivity (Wildman–Crippen MR) is 55.5 cm³/mol. The van der Waals surface area contributed by atoms with E-state index in [9.17, 15) is 0 Å². The van der Waals surface area contributed by atoms with Crippen LogP contribution in [0.25, 0.3) is 0 Å². The molecule has 0 amide bonds. The van der Waals surface area contributed by atoms with E-state index in [-0.39, 0.29) is 0 Å². The molecular formula is C11H11N3. The van der Waals surface area contributed by atoms with Crippen LogP contribution in [-0.4, -0.2) is 11.5 Å². The summed E-state index contributed by atoms with van der Waals surface area (Å²) in [6.45, 7) is 0.768. The minimum absolute atomic E-state index is 0.424. The molecule has 0 spiro atoms. The van der Waals surface area contributed by atoms with Gasteiger partial charge in [-0.3, -0.25) is 0 Å². The summed E-state index contributed by atoms with van der Waals surface area (Å²) in [6, 6.07) is 5.65. The van der Waals surface area contributed by atoms with Gasteiger partial charge in [0.25, 0.3) is 0 Å². The molecule has 1 rings (SSSR count). The molecule has 0 saturated carbocycles. The van der Waals surface area contributed by atoms with Crippen LogP contribution in [0.4, 0.5) is 5.69 Å². The second-order valence-electron chi connectivity index (χ2n) is 2.75. The summed E-state index contributed by atoms with van der Waals surface area (Å²) in [5, 5.41) is 11.9. The van der Waals surface area contributed by atoms with E-state index in [2.05, 4.69) is 16.2 Å². The fourth-order valence-electron chi connectivity index (χ4n) is 1.05. The first kappa shape index (κ1) is 10.1. The normalized spacial score (nSPS) is 8.71. The Balaban J connectivity index is 2.51. The summed E-state index contributed by atoms with van der Waals surface area (Å²) in [5.74, 6) is 2.56. The highest BCUT2D eigenvalue weighted by Crippen LogP contribution is 2.10. The van der Waals surface area contributed by atoms with E-state index in [1.165, 1.54) is 0 Å². The first-order chi connectivity index (χ1) is 6.88. The number of nitrogens with one attached hydrogen (secondary N) is 1. The van der Waals surface area contributed by atoms with E-state index in [0.29, 0.717) is 5.69 Å². The highest BCUT2D eigenvalue weighted by molar-refractivity contribution is 5.53. The lowest BCUT2D eigenvalue weighted by Gasteiger charge is -2.05. The van der Waals surface area contributed by atoms with Gasteiger partial charge in [-0.15, -0.1) is 12.3 Å². The molecule has 0 unspecified atom stereocenters. The SMILES string of the molecule is C#CCCCNc1cccnc1C#N. The number of hydrogen-bond acceptors (Lipinski definition) is 3. The van der Waals surface area contributed by atoms with E-state index < -0.39 is 0 Å². The molecule has 0 fully saturated rings. The zero-order valence-corrected chi connectivity index (χ0v) is 7.83. The average molecular weight is 185 g/mol. The third-order valence-corrected chi connectivity index (χ3v) is 1.73. The summed E-state index contributed by atoms with van der Waals surface area (Å²) in [7, 11) is 0. The van der Waals surface area contributed by atoms with Crippen molar-refractivity contribution in [3.05, 3.63) is 24.0 Å². The van der Waals surface area contributed by atoms with Gasteiger partial charge in [0.15, 0.2) is 5.69 Å². The maximum atomic E-state index is 8.74. The van der Waals surface area contributed by atoms with Gasteiger partial charge in [0.05, 0.1) is 5.69 Å². The number of hydrogen-bond donors (Lipinski definition) is 1. The fourth-order valence-corrected chi connectivity index (χ4v) is 1.05. The Kier molecular flexibility index (Phi) is 4.04. The number of anilines is 1. The maximum Gasteiger partial charge on any atom is 0.163 e. The van der Waals surface area contributed by atoms with Crippen molar-refractivity contribution in [3.8, 4) is 18.4 Å². The van der Waals surface area contributed by atoms with E-state index in [4.69, 9.17) is 11.7 Å². The van der Waals surface area contributed by atoms with E-state index >= 15 is 0 Å². The molecule has 0 saturated heterocycles. The number of pyridine rings is 1. The number of terminal acetylenes is 1. The molecule has 0 aromatic carbocycles. The van der Waals surface area contributed by atoms with Crippen LogP contribution in [0.2, 0.25) is 0 Å². The lowest BCUT2D eigenvalue weighted by Crippen LogP contribution is -2.03. The first-order valence-electron chi connectivity index (χ1n) is 4.41. The van der Waals surface area contributed by atoms with E-state index in [1.54, 1.807) is 12.3 Å². The Morgan fingerprint density at radius 1 is 1.57 bits per heavy atom. The van der Waals surface area contributed by atoms with Crippen LogP contribution in [0.15, 0.2) is 18.3 Å². The molecule has 0 atom stereocenters. The van der Waals surface area contributed by atoms with Crippen LogP contribution >= 0.6 is 0 Å². The highest BCUT2D eigenvalue weighted by atomic mass is 14.9. The third kappa shape index (κ3) is 2.80. The quantitative estimate of drug-likeness (QED) is 0.574. The molecule has 0 radical (unpaired) electrons. The zero-order chi connectivity index (χ0) is 10.2. The summed E-state index contributed by atoms with van der Waals surface area (Å²) in [4.78, 5) is 3.93. The van der Waals surface area contributed by atoms with Crippen LogP contribution in [0.5, 0.6) is 0 Å². The number of rotatable bonds is 4. The van der Waals surface area contributed by atoms with Crippen LogP contribution in [0.3, 0.4) is 0 Å². The molecule has 0 bridgehead atoms. The van der Waals surface area contributed by atoms with Crippen molar-refractivity contribution < 1.29 is 0 Å². The Morgan fingerprint density at radius 2 is 2.43 bits per heavy atom. The molecule has 1 aromatic heterocycles. The molecule has 1 N–H and O–H groups in total. The van der Waals surface area contributed by atoms with Crippen molar-refractivity contribution >= 4 is 5.69 Å². The molecule has 3 nitrogen and oxygen atoms in total. The lowest BCUT2D eigenvalue weighted by molar-refractivity contribution is 0.905. The average Bonchev–Trinajstić information content (AvgIpc) is 2.25. The number of aromatic nitrogens is 1. The topological polar surface area (TPSA) is 48.7 Å². The van der Waals surface area contributed by atoms with Gasteiger partial charge in [-0.25, -0.2) is 4.98 Å². The van der Waals surface area contributed by atoms with Gasteiger partial charge < -0.3 is 5.32 Å². The molecule has 1 heterocycles. The molecular weight excluding hydrogens is 174 g/mol. The summed E-state index contributed by atoms with van der Waals surface area (Å²) in [6.07, 6.45) is 8.37. The van der Waals surface area contributed by atoms with Gasteiger partial charge in [-0.2, -0.15) is 5.26 Å². The van der Waals surface area contributed by atoms with Crippen LogP contribution in [0.1, 0.15) is 18.5 Å². The summed E-state index contributed by atoms with van der Waals surface area (Å²) >= 11 is 0. The predicted octanol–water partition coefficient (Wildman–Crippen LogP) is 1.78. The molecule has 70 valence electrons. The van der Waals surface area contributed by atoms with Crippen LogP contribution < -0.4 is 5.32 Å². The Bertz CT molecular complexity index is 371. The number of nitrogens with zero attached hydrogens (tertiary/aromatic N) is 2. The van der Waals surface area contributed by atoms with Gasteiger partial charge in [-0.05, 0) is 18.6 Å². The van der Waals surface area contributed by atoms with Gasteiger partial charge in [0.2, 0.25) is 0 Å². The van der Waals surface area contributed by atoms with Crippen molar-refractivity contribution in [1.82, 2.24) is 4.98 Å². The molecule has 1 aromatic rings. The molecule has 0 aliphatic rings. The van der Waals surface area contributed by atoms with Crippen molar-refractivity contribution in [2.24, 2.45) is 0 Å². The maximum absolute atomic E-state index is 8.74. The second-order valence-corrected chi connectivity index (χ2v) is 2.75. The molecule has 0 aliphatic heterocycles. The van der Waals surface area contributed by atoms with Gasteiger partial charge in [0.1, 0.15) is 6.07 Å². The highest BCUT2D eigenvalue weighted by Gasteiger charge is 1.99. The smallest absolute Gasteiger partial charge is 0.163 e. The Labute approximate surface area is 83.8 Å². The van der Waals surface area contributed by atoms with Crippen molar-refractivity contribution in [1.29, 1.82) is 5.26 Å². The largest absolute Gasteiger partial charge is 0.383 e.